The van der Waals surface area contributed by atoms with Crippen LogP contribution in [0, 0.1) is 5.82 Å². The van der Waals surface area contributed by atoms with Crippen LogP contribution in [0.3, 0.4) is 0 Å². The Hall–Kier alpha value is -3.38. The molecule has 0 heterocycles. The highest BCUT2D eigenvalue weighted by atomic mass is 35.5. The molecule has 0 aromatic heterocycles. The Morgan fingerprint density at radius 1 is 0.862 bits per heavy atom. The van der Waals surface area contributed by atoms with Crippen molar-refractivity contribution in [3.63, 3.8) is 0 Å². The van der Waals surface area contributed by atoms with E-state index in [1.54, 1.807) is 48.5 Å². The number of halogens is 2. The summed E-state index contributed by atoms with van der Waals surface area (Å²) in [5, 5.41) is 6.07. The monoisotopic (exact) mass is 412 g/mol. The molecule has 0 aliphatic rings. The third-order valence-corrected chi connectivity index (χ3v) is 4.22. The van der Waals surface area contributed by atoms with Crippen molar-refractivity contribution in [1.82, 2.24) is 0 Å². The molecule has 0 aliphatic heterocycles. The minimum atomic E-state index is -0.354. The van der Waals surface area contributed by atoms with Gasteiger partial charge in [0.05, 0.1) is 24.4 Å². The zero-order valence-electron chi connectivity index (χ0n) is 15.3. The standard InChI is InChI=1S/C22H18ClFN2O3/c23-16-7-5-15(6-8-16)22(28)26-20-4-2-1-3-19(20)25-21(27)13-14-29-18-11-9-17(24)10-12-18/h1-12H,13-14H2,(H,25,27)(H,26,28). The number of ether oxygens (including phenoxy) is 1. The predicted octanol–water partition coefficient (Wildman–Crippen LogP) is 5.14. The van der Waals surface area contributed by atoms with Crippen LogP contribution in [0.2, 0.25) is 5.02 Å². The van der Waals surface area contributed by atoms with Crippen LogP contribution >= 0.6 is 11.6 Å². The number of carbonyl (C=O) groups is 2. The smallest absolute Gasteiger partial charge is 0.255 e. The van der Waals surface area contributed by atoms with Crippen molar-refractivity contribution >= 4 is 34.8 Å². The van der Waals surface area contributed by atoms with Crippen molar-refractivity contribution in [2.24, 2.45) is 0 Å². The van der Waals surface area contributed by atoms with E-state index >= 15 is 0 Å². The van der Waals surface area contributed by atoms with Crippen LogP contribution in [0.5, 0.6) is 5.75 Å². The van der Waals surface area contributed by atoms with Gasteiger partial charge < -0.3 is 15.4 Å². The highest BCUT2D eigenvalue weighted by Crippen LogP contribution is 2.22. The Balaban J connectivity index is 1.56. The third kappa shape index (κ3) is 6.05. The van der Waals surface area contributed by atoms with Crippen LogP contribution in [0.15, 0.2) is 72.8 Å². The molecule has 3 rings (SSSR count). The number of rotatable bonds is 7. The van der Waals surface area contributed by atoms with Gasteiger partial charge in [-0.3, -0.25) is 9.59 Å². The molecule has 2 N–H and O–H groups in total. The van der Waals surface area contributed by atoms with Crippen molar-refractivity contribution in [3.05, 3.63) is 89.2 Å². The first-order valence-electron chi connectivity index (χ1n) is 8.85. The molecule has 0 atom stereocenters. The van der Waals surface area contributed by atoms with Gasteiger partial charge in [-0.25, -0.2) is 4.39 Å². The summed E-state index contributed by atoms with van der Waals surface area (Å²) in [5.41, 5.74) is 1.39. The average Bonchev–Trinajstić information content (AvgIpc) is 2.71. The molecule has 0 fully saturated rings. The van der Waals surface area contributed by atoms with Gasteiger partial charge in [0.1, 0.15) is 11.6 Å². The molecule has 3 aromatic carbocycles. The zero-order chi connectivity index (χ0) is 20.6. The summed E-state index contributed by atoms with van der Waals surface area (Å²) in [6, 6.07) is 18.9. The van der Waals surface area contributed by atoms with E-state index in [9.17, 15) is 14.0 Å². The lowest BCUT2D eigenvalue weighted by molar-refractivity contribution is -0.116. The first-order valence-corrected chi connectivity index (χ1v) is 9.23. The molecule has 29 heavy (non-hydrogen) atoms. The molecular formula is C22H18ClFN2O3. The maximum absolute atomic E-state index is 12.9. The number of para-hydroxylation sites is 2. The molecule has 148 valence electrons. The second-order valence-electron chi connectivity index (χ2n) is 6.11. The fourth-order valence-electron chi connectivity index (χ4n) is 2.50. The van der Waals surface area contributed by atoms with Gasteiger partial charge in [-0.2, -0.15) is 0 Å². The lowest BCUT2D eigenvalue weighted by atomic mass is 10.2. The van der Waals surface area contributed by atoms with Gasteiger partial charge in [0.2, 0.25) is 5.91 Å². The summed E-state index contributed by atoms with van der Waals surface area (Å²) >= 11 is 5.84. The molecule has 3 aromatic rings. The van der Waals surface area contributed by atoms with Crippen molar-refractivity contribution in [2.45, 2.75) is 6.42 Å². The van der Waals surface area contributed by atoms with Crippen LogP contribution in [-0.2, 0) is 4.79 Å². The summed E-state index contributed by atoms with van der Waals surface area (Å²) in [6.07, 6.45) is 0.0941. The highest BCUT2D eigenvalue weighted by Gasteiger charge is 2.11. The fourth-order valence-corrected chi connectivity index (χ4v) is 2.63. The van der Waals surface area contributed by atoms with Gasteiger partial charge in [0.25, 0.3) is 5.91 Å². The molecule has 0 spiro atoms. The number of carbonyl (C=O) groups excluding carboxylic acids is 2. The van der Waals surface area contributed by atoms with E-state index in [1.165, 1.54) is 24.3 Å². The van der Waals surface area contributed by atoms with E-state index in [0.717, 1.165) is 0 Å². The summed E-state index contributed by atoms with van der Waals surface area (Å²) < 4.78 is 18.3. The number of amides is 2. The zero-order valence-corrected chi connectivity index (χ0v) is 16.1. The minimum Gasteiger partial charge on any atom is -0.493 e. The summed E-state index contributed by atoms with van der Waals surface area (Å²) in [7, 11) is 0. The van der Waals surface area contributed by atoms with Gasteiger partial charge in [-0.15, -0.1) is 0 Å². The van der Waals surface area contributed by atoms with Crippen molar-refractivity contribution in [2.75, 3.05) is 17.2 Å². The summed E-state index contributed by atoms with van der Waals surface area (Å²) in [4.78, 5) is 24.6. The third-order valence-electron chi connectivity index (χ3n) is 3.97. The highest BCUT2D eigenvalue weighted by molar-refractivity contribution is 6.30. The van der Waals surface area contributed by atoms with Crippen LogP contribution in [-0.4, -0.2) is 18.4 Å². The van der Waals surface area contributed by atoms with E-state index in [-0.39, 0.29) is 30.7 Å². The first-order chi connectivity index (χ1) is 14.0. The van der Waals surface area contributed by atoms with Crippen molar-refractivity contribution < 1.29 is 18.7 Å². The van der Waals surface area contributed by atoms with Crippen LogP contribution < -0.4 is 15.4 Å². The fraction of sp³-hybridized carbons (Fsp3) is 0.0909. The Labute approximate surface area is 172 Å². The molecule has 5 nitrogen and oxygen atoms in total. The molecule has 2 amide bonds. The second-order valence-corrected chi connectivity index (χ2v) is 6.54. The topological polar surface area (TPSA) is 67.4 Å². The molecule has 0 saturated heterocycles. The SMILES string of the molecule is O=C(CCOc1ccc(F)cc1)Nc1ccccc1NC(=O)c1ccc(Cl)cc1. The van der Waals surface area contributed by atoms with Gasteiger partial charge in [-0.1, -0.05) is 23.7 Å². The Bertz CT molecular complexity index is 992. The van der Waals surface area contributed by atoms with Gasteiger partial charge in [0.15, 0.2) is 0 Å². The molecule has 0 radical (unpaired) electrons. The summed E-state index contributed by atoms with van der Waals surface area (Å²) in [5.74, 6) is -0.467. The number of anilines is 2. The maximum Gasteiger partial charge on any atom is 0.255 e. The molecule has 0 saturated carbocycles. The van der Waals surface area contributed by atoms with Gasteiger partial charge in [-0.05, 0) is 60.7 Å². The second kappa shape index (κ2) is 9.71. The quantitative estimate of drug-likeness (QED) is 0.564. The van der Waals surface area contributed by atoms with Crippen molar-refractivity contribution in [1.29, 1.82) is 0 Å². The average molecular weight is 413 g/mol. The van der Waals surface area contributed by atoms with Gasteiger partial charge >= 0.3 is 0 Å². The van der Waals surface area contributed by atoms with Crippen molar-refractivity contribution in [3.8, 4) is 5.75 Å². The maximum atomic E-state index is 12.9. The molecule has 7 heteroatoms. The number of hydrogen-bond donors (Lipinski definition) is 2. The summed E-state index contributed by atoms with van der Waals surface area (Å²) in [6.45, 7) is 0.136. The molecule has 0 aliphatic carbocycles. The minimum absolute atomic E-state index is 0.0941. The lowest BCUT2D eigenvalue weighted by Gasteiger charge is -2.13. The first kappa shape index (κ1) is 20.4. The van der Waals surface area contributed by atoms with E-state index in [1.807, 2.05) is 0 Å². The van der Waals surface area contributed by atoms with Crippen LogP contribution in [0.1, 0.15) is 16.8 Å². The predicted molar refractivity (Wildman–Crippen MR) is 111 cm³/mol. The lowest BCUT2D eigenvalue weighted by Crippen LogP contribution is -2.18. The number of benzene rings is 3. The van der Waals surface area contributed by atoms with E-state index in [2.05, 4.69) is 10.6 Å². The Morgan fingerprint density at radius 2 is 1.48 bits per heavy atom. The van der Waals surface area contributed by atoms with Crippen LogP contribution in [0.4, 0.5) is 15.8 Å². The number of hydrogen-bond acceptors (Lipinski definition) is 3. The molecular weight excluding hydrogens is 395 g/mol. The number of nitrogens with one attached hydrogen (secondary N) is 2. The van der Waals surface area contributed by atoms with Gasteiger partial charge in [0, 0.05) is 10.6 Å². The van der Waals surface area contributed by atoms with Crippen LogP contribution in [0.25, 0.3) is 0 Å². The normalized spacial score (nSPS) is 10.3. The molecule has 0 unspecified atom stereocenters. The molecule has 0 bridgehead atoms. The largest absolute Gasteiger partial charge is 0.493 e. The Kier molecular flexibility index (Phi) is 6.81. The van der Waals surface area contributed by atoms with E-state index < -0.39 is 0 Å². The van der Waals surface area contributed by atoms with E-state index in [4.69, 9.17) is 16.3 Å². The Morgan fingerprint density at radius 3 is 2.14 bits per heavy atom. The van der Waals surface area contributed by atoms with E-state index in [0.29, 0.717) is 27.7 Å².